The first-order valence-corrected chi connectivity index (χ1v) is 10.7. The van der Waals surface area contributed by atoms with Crippen molar-refractivity contribution in [2.45, 2.75) is 0 Å². The largest absolute Gasteiger partial charge is 0.492 e. The Kier molecular flexibility index (Phi) is 6.34. The summed E-state index contributed by atoms with van der Waals surface area (Å²) in [5.41, 5.74) is 0.736. The van der Waals surface area contributed by atoms with Gasteiger partial charge in [0.05, 0.1) is 17.0 Å². The van der Waals surface area contributed by atoms with Crippen molar-refractivity contribution in [1.29, 1.82) is 0 Å². The van der Waals surface area contributed by atoms with E-state index in [4.69, 9.17) is 25.9 Å². The summed E-state index contributed by atoms with van der Waals surface area (Å²) in [5, 5.41) is 9.34. The van der Waals surface area contributed by atoms with E-state index in [0.29, 0.717) is 27.9 Å². The molecule has 0 spiro atoms. The van der Waals surface area contributed by atoms with Crippen LogP contribution in [0.3, 0.4) is 0 Å². The maximum absolute atomic E-state index is 12.6. The van der Waals surface area contributed by atoms with Gasteiger partial charge in [0.2, 0.25) is 0 Å². The molecule has 0 radical (unpaired) electrons. The van der Waals surface area contributed by atoms with Crippen LogP contribution in [-0.4, -0.2) is 40.3 Å². The molecule has 0 atom stereocenters. The highest BCUT2D eigenvalue weighted by molar-refractivity contribution is 8.18. The zero-order chi connectivity index (χ0) is 22.7. The van der Waals surface area contributed by atoms with E-state index >= 15 is 0 Å². The van der Waals surface area contributed by atoms with Gasteiger partial charge >= 0.3 is 5.97 Å². The molecule has 4 rings (SSSR count). The number of nitrogens with zero attached hydrogens (tertiary/aromatic N) is 1. The number of hydrogen-bond donors (Lipinski definition) is 1. The molecule has 1 aliphatic heterocycles. The third-order valence-electron chi connectivity index (χ3n) is 4.57. The molecule has 0 unspecified atom stereocenters. The monoisotopic (exact) mass is 469 g/mol. The van der Waals surface area contributed by atoms with Crippen molar-refractivity contribution in [3.8, 4) is 17.1 Å². The number of amides is 2. The first kappa shape index (κ1) is 21.7. The van der Waals surface area contributed by atoms with Crippen molar-refractivity contribution in [2.24, 2.45) is 0 Å². The normalized spacial score (nSPS) is 14.9. The van der Waals surface area contributed by atoms with E-state index in [1.807, 2.05) is 0 Å². The number of carboxylic acid groups (broad SMARTS) is 1. The average molecular weight is 470 g/mol. The summed E-state index contributed by atoms with van der Waals surface area (Å²) in [5.74, 6) is -0.0385. The van der Waals surface area contributed by atoms with Crippen molar-refractivity contribution < 1.29 is 28.6 Å². The second-order valence-corrected chi connectivity index (χ2v) is 8.15. The Morgan fingerprint density at radius 2 is 1.91 bits per heavy atom. The van der Waals surface area contributed by atoms with Crippen LogP contribution in [0, 0.1) is 0 Å². The summed E-state index contributed by atoms with van der Waals surface area (Å²) < 4.78 is 11.3. The van der Waals surface area contributed by atoms with Gasteiger partial charge in [-0.1, -0.05) is 23.7 Å². The molecule has 162 valence electrons. The average Bonchev–Trinajstić information content (AvgIpc) is 3.35. The van der Waals surface area contributed by atoms with E-state index in [0.717, 1.165) is 16.7 Å². The Balaban J connectivity index is 1.42. The Labute approximate surface area is 192 Å². The molecule has 2 heterocycles. The molecular weight excluding hydrogens is 454 g/mol. The Morgan fingerprint density at radius 1 is 1.12 bits per heavy atom. The maximum Gasteiger partial charge on any atom is 0.335 e. The van der Waals surface area contributed by atoms with Gasteiger partial charge in [-0.3, -0.25) is 14.5 Å². The third-order valence-corrected chi connectivity index (χ3v) is 5.72. The topological polar surface area (TPSA) is 97.0 Å². The number of hydrogen-bond acceptors (Lipinski definition) is 6. The summed E-state index contributed by atoms with van der Waals surface area (Å²) in [4.78, 5) is 37.4. The Hall–Kier alpha value is -3.49. The number of furan rings is 1. The summed E-state index contributed by atoms with van der Waals surface area (Å²) in [6.45, 7) is 0.258. The van der Waals surface area contributed by atoms with E-state index < -0.39 is 11.9 Å². The maximum atomic E-state index is 12.6. The molecule has 1 saturated heterocycles. The van der Waals surface area contributed by atoms with Crippen LogP contribution in [0.1, 0.15) is 16.1 Å². The molecule has 7 nitrogen and oxygen atoms in total. The molecule has 0 saturated carbocycles. The van der Waals surface area contributed by atoms with Gasteiger partial charge in [0.25, 0.3) is 11.1 Å². The van der Waals surface area contributed by atoms with Crippen LogP contribution in [0.4, 0.5) is 4.79 Å². The summed E-state index contributed by atoms with van der Waals surface area (Å²) in [6, 6.07) is 16.5. The molecule has 2 amide bonds. The Bertz CT molecular complexity index is 1220. The molecule has 3 aromatic rings. The summed E-state index contributed by atoms with van der Waals surface area (Å²) >= 11 is 6.66. The van der Waals surface area contributed by atoms with Gasteiger partial charge in [-0.15, -0.1) is 0 Å². The van der Waals surface area contributed by atoms with Crippen LogP contribution in [0.5, 0.6) is 5.75 Å². The van der Waals surface area contributed by atoms with Gasteiger partial charge in [0.1, 0.15) is 23.9 Å². The lowest BCUT2D eigenvalue weighted by Crippen LogP contribution is -2.32. The molecule has 9 heteroatoms. The van der Waals surface area contributed by atoms with E-state index in [-0.39, 0.29) is 28.9 Å². The van der Waals surface area contributed by atoms with Crippen molar-refractivity contribution in [2.75, 3.05) is 13.2 Å². The molecule has 32 heavy (non-hydrogen) atoms. The second kappa shape index (κ2) is 9.33. The number of carboxylic acids is 1. The lowest BCUT2D eigenvalue weighted by molar-refractivity contribution is -0.123. The lowest BCUT2D eigenvalue weighted by atomic mass is 10.1. The molecule has 2 aromatic carbocycles. The zero-order valence-corrected chi connectivity index (χ0v) is 18.1. The fourth-order valence-corrected chi connectivity index (χ4v) is 3.97. The van der Waals surface area contributed by atoms with Crippen molar-refractivity contribution in [3.63, 3.8) is 0 Å². The quantitative estimate of drug-likeness (QED) is 0.462. The SMILES string of the molecule is O=C(O)c1cccc(-c2ccc(/C=C3\SC(=O)N(CCOc4ccc(Cl)cc4)C3=O)o2)c1. The van der Waals surface area contributed by atoms with E-state index in [1.54, 1.807) is 48.5 Å². The van der Waals surface area contributed by atoms with Crippen LogP contribution in [-0.2, 0) is 4.79 Å². The summed E-state index contributed by atoms with van der Waals surface area (Å²) in [6.07, 6.45) is 1.50. The third kappa shape index (κ3) is 4.87. The van der Waals surface area contributed by atoms with Crippen LogP contribution < -0.4 is 4.74 Å². The van der Waals surface area contributed by atoms with Gasteiger partial charge in [-0.05, 0) is 60.3 Å². The molecule has 1 fully saturated rings. The summed E-state index contributed by atoms with van der Waals surface area (Å²) in [7, 11) is 0. The second-order valence-electron chi connectivity index (χ2n) is 6.72. The standard InChI is InChI=1S/C23H16ClNO6S/c24-16-4-6-17(7-5-16)30-11-10-25-21(26)20(32-23(25)29)13-18-8-9-19(31-18)14-2-1-3-15(12-14)22(27)28/h1-9,12-13H,10-11H2,(H,27,28)/b20-13-. The van der Waals surface area contributed by atoms with Gasteiger partial charge < -0.3 is 14.3 Å². The zero-order valence-electron chi connectivity index (χ0n) is 16.5. The molecular formula is C23H16ClNO6S. The van der Waals surface area contributed by atoms with Gasteiger partial charge in [-0.2, -0.15) is 0 Å². The molecule has 1 N–H and O–H groups in total. The molecule has 1 aromatic heterocycles. The van der Waals surface area contributed by atoms with Crippen molar-refractivity contribution in [1.82, 2.24) is 4.90 Å². The first-order valence-electron chi connectivity index (χ1n) is 9.48. The van der Waals surface area contributed by atoms with Crippen molar-refractivity contribution in [3.05, 3.63) is 81.9 Å². The highest BCUT2D eigenvalue weighted by atomic mass is 35.5. The van der Waals surface area contributed by atoms with Gasteiger partial charge in [0.15, 0.2) is 0 Å². The van der Waals surface area contributed by atoms with E-state index in [2.05, 4.69) is 0 Å². The number of thioether (sulfide) groups is 1. The minimum atomic E-state index is -1.03. The predicted molar refractivity (Wildman–Crippen MR) is 121 cm³/mol. The number of halogens is 1. The van der Waals surface area contributed by atoms with Crippen LogP contribution in [0.25, 0.3) is 17.4 Å². The van der Waals surface area contributed by atoms with Crippen LogP contribution in [0.15, 0.2) is 70.0 Å². The first-order chi connectivity index (χ1) is 15.4. The highest BCUT2D eigenvalue weighted by Gasteiger charge is 2.35. The number of carbonyl (C=O) groups is 3. The van der Waals surface area contributed by atoms with Crippen LogP contribution in [0.2, 0.25) is 5.02 Å². The van der Waals surface area contributed by atoms with E-state index in [1.165, 1.54) is 18.2 Å². The molecule has 1 aliphatic rings. The number of benzene rings is 2. The highest BCUT2D eigenvalue weighted by Crippen LogP contribution is 2.33. The number of aromatic carboxylic acids is 1. The lowest BCUT2D eigenvalue weighted by Gasteiger charge is -2.13. The van der Waals surface area contributed by atoms with Gasteiger partial charge in [0, 0.05) is 16.7 Å². The number of rotatable bonds is 7. The fraction of sp³-hybridized carbons (Fsp3) is 0.0870. The predicted octanol–water partition coefficient (Wildman–Crippen LogP) is 5.41. The van der Waals surface area contributed by atoms with Crippen LogP contribution >= 0.6 is 23.4 Å². The minimum absolute atomic E-state index is 0.107. The van der Waals surface area contributed by atoms with Gasteiger partial charge in [-0.25, -0.2) is 4.79 Å². The minimum Gasteiger partial charge on any atom is -0.492 e. The molecule has 0 aliphatic carbocycles. The smallest absolute Gasteiger partial charge is 0.335 e. The number of imide groups is 1. The molecule has 0 bridgehead atoms. The number of ether oxygens (including phenoxy) is 1. The van der Waals surface area contributed by atoms with E-state index in [9.17, 15) is 14.4 Å². The Morgan fingerprint density at radius 3 is 2.66 bits per heavy atom. The fourth-order valence-electron chi connectivity index (χ4n) is 3.00. The number of carbonyl (C=O) groups excluding carboxylic acids is 2. The van der Waals surface area contributed by atoms with Crippen molar-refractivity contribution >= 4 is 46.6 Å².